The Labute approximate surface area is 73.0 Å². The van der Waals surface area contributed by atoms with Gasteiger partial charge in [0.15, 0.2) is 0 Å². The van der Waals surface area contributed by atoms with Gasteiger partial charge in [-0.25, -0.2) is 0 Å². The van der Waals surface area contributed by atoms with E-state index in [0.717, 1.165) is 0 Å². The van der Waals surface area contributed by atoms with E-state index >= 15 is 0 Å². The molecule has 0 aliphatic heterocycles. The minimum absolute atomic E-state index is 0. The zero-order valence-electron chi connectivity index (χ0n) is 2.90. The zero-order chi connectivity index (χ0) is 4.50. The van der Waals surface area contributed by atoms with Crippen molar-refractivity contribution in [2.45, 2.75) is 0 Å². The van der Waals surface area contributed by atoms with Crippen molar-refractivity contribution in [1.82, 2.24) is 0 Å². The van der Waals surface area contributed by atoms with Crippen LogP contribution in [-0.2, 0) is 31.5 Å². The van der Waals surface area contributed by atoms with E-state index in [9.17, 15) is 0 Å². The van der Waals surface area contributed by atoms with Crippen LogP contribution < -0.4 is 0 Å². The Hall–Kier alpha value is 1.38. The number of hydrogen-bond acceptors (Lipinski definition) is 4. The maximum Gasteiger partial charge on any atom is 4.00 e. The average molecular weight is 314 g/mol. The maximum absolute atomic E-state index is 8.52. The van der Waals surface area contributed by atoms with Crippen molar-refractivity contribution in [2.75, 3.05) is 0 Å². The van der Waals surface area contributed by atoms with Crippen LogP contribution >= 0.6 is 0 Å². The Morgan fingerprint density at radius 2 is 1.14 bits per heavy atom. The molecule has 0 aliphatic carbocycles. The second-order valence-electron chi connectivity index (χ2n) is 0.408. The van der Waals surface area contributed by atoms with Gasteiger partial charge in [-0.15, -0.1) is 0 Å². The van der Waals surface area contributed by atoms with Gasteiger partial charge in [0.25, 0.3) is 0 Å². The second-order valence-corrected chi connectivity index (χ2v) is 1.22. The average Bonchev–Trinajstić information content (AvgIpc) is 0.722. The van der Waals surface area contributed by atoms with Crippen molar-refractivity contribution in [3.8, 4) is 0 Å². The topological polar surface area (TPSA) is 80.3 Å². The van der Waals surface area contributed by atoms with E-state index in [4.69, 9.17) is 17.5 Å². The molecule has 0 spiro atoms. The van der Waals surface area contributed by atoms with E-state index in [0.29, 0.717) is 0 Å². The molecule has 0 aromatic carbocycles. The monoisotopic (exact) mass is 315 g/mol. The Bertz CT molecular complexity index is 94.9. The van der Waals surface area contributed by atoms with E-state index < -0.39 is 10.4 Å². The Morgan fingerprint density at radius 3 is 1.14 bits per heavy atom. The van der Waals surface area contributed by atoms with Crippen molar-refractivity contribution in [2.24, 2.45) is 0 Å². The molecule has 0 N–H and O–H groups in total. The Kier molecular flexibility index (Phi) is 12.4. The van der Waals surface area contributed by atoms with Crippen LogP contribution in [0.1, 0.15) is 0 Å². The van der Waals surface area contributed by atoms with Crippen molar-refractivity contribution >= 4 is 34.8 Å². The van der Waals surface area contributed by atoms with Crippen LogP contribution in [0.5, 0.6) is 0 Å². The molecule has 0 saturated carbocycles. The number of rotatable bonds is 0. The van der Waals surface area contributed by atoms with E-state index in [-0.39, 0.29) is 45.5 Å². The van der Waals surface area contributed by atoms with Crippen LogP contribution in [0.25, 0.3) is 0 Å². The molecule has 36 valence electrons. The molecule has 0 amide bonds. The van der Waals surface area contributed by atoms with Gasteiger partial charge in [-0.3, -0.25) is 8.42 Å². The third-order valence-corrected chi connectivity index (χ3v) is 0. The van der Waals surface area contributed by atoms with Gasteiger partial charge < -0.3 is 9.11 Å². The standard InChI is InChI=1S/Mo.H2O4S.Sb/c;1-5(2,3)4;/h;(H2,1,2,3,4);/q+4;;+3/p-2. The molecule has 0 aromatic rings. The van der Waals surface area contributed by atoms with Crippen molar-refractivity contribution < 1.29 is 38.6 Å². The third kappa shape index (κ3) is 113. The molecule has 0 unspecified atom stereocenters. The summed E-state index contributed by atoms with van der Waals surface area (Å²) in [6.07, 6.45) is 0. The third-order valence-electron chi connectivity index (χ3n) is 0. The van der Waals surface area contributed by atoms with Crippen molar-refractivity contribution in [3.63, 3.8) is 0 Å². The summed E-state index contributed by atoms with van der Waals surface area (Å²) in [5.74, 6) is 0. The fourth-order valence-electron chi connectivity index (χ4n) is 0. The summed E-state index contributed by atoms with van der Waals surface area (Å²) in [4.78, 5) is 0. The minimum Gasteiger partial charge on any atom is -0.759 e. The SMILES string of the molecule is O=S(=O)([O-])[O-].[Mo+4].[Sb+3]. The molecule has 0 aromatic heterocycles. The van der Waals surface area contributed by atoms with Crippen molar-refractivity contribution in [1.29, 1.82) is 0 Å². The summed E-state index contributed by atoms with van der Waals surface area (Å²) in [6, 6.07) is 0. The maximum atomic E-state index is 8.52. The number of hydrogen-bond donors (Lipinski definition) is 0. The molecular weight excluding hydrogens is 314 g/mol. The summed E-state index contributed by atoms with van der Waals surface area (Å²) < 4.78 is 34.1. The Balaban J connectivity index is -0.0000000800. The van der Waals surface area contributed by atoms with Crippen LogP contribution in [0.15, 0.2) is 0 Å². The van der Waals surface area contributed by atoms with Crippen LogP contribution in [-0.4, -0.2) is 42.0 Å². The molecule has 0 heterocycles. The van der Waals surface area contributed by atoms with Gasteiger partial charge in [-0.05, 0) is 0 Å². The first-order chi connectivity index (χ1) is 2.00. The predicted molar refractivity (Wildman–Crippen MR) is 16.2 cm³/mol. The Morgan fingerprint density at radius 1 is 1.14 bits per heavy atom. The van der Waals surface area contributed by atoms with Gasteiger partial charge in [0.05, 0.1) is 0 Å². The van der Waals surface area contributed by atoms with Crippen LogP contribution in [0, 0.1) is 0 Å². The summed E-state index contributed by atoms with van der Waals surface area (Å²) >= 11 is 0. The fraction of sp³-hybridized carbons (Fsp3) is 0. The summed E-state index contributed by atoms with van der Waals surface area (Å²) in [5.41, 5.74) is 0. The molecule has 0 bridgehead atoms. The van der Waals surface area contributed by atoms with Crippen LogP contribution in [0.4, 0.5) is 0 Å². The zero-order valence-corrected chi connectivity index (χ0v) is 8.27. The summed E-state index contributed by atoms with van der Waals surface area (Å²) in [6.45, 7) is 0. The fourth-order valence-corrected chi connectivity index (χ4v) is 0. The van der Waals surface area contributed by atoms with Gasteiger partial charge in [-0.2, -0.15) is 0 Å². The van der Waals surface area contributed by atoms with Crippen LogP contribution in [0.2, 0.25) is 0 Å². The van der Waals surface area contributed by atoms with Crippen molar-refractivity contribution in [3.05, 3.63) is 0 Å². The van der Waals surface area contributed by atoms with Gasteiger partial charge in [0, 0.05) is 10.4 Å². The molecule has 7 heavy (non-hydrogen) atoms. The summed E-state index contributed by atoms with van der Waals surface area (Å²) in [5, 5.41) is 0. The summed E-state index contributed by atoms with van der Waals surface area (Å²) in [7, 11) is -5.17. The van der Waals surface area contributed by atoms with Gasteiger partial charge in [0.2, 0.25) is 0 Å². The predicted octanol–water partition coefficient (Wildman–Crippen LogP) is -1.72. The van der Waals surface area contributed by atoms with Gasteiger partial charge >= 0.3 is 45.5 Å². The molecule has 7 heteroatoms. The van der Waals surface area contributed by atoms with Crippen LogP contribution in [0.3, 0.4) is 0 Å². The van der Waals surface area contributed by atoms with E-state index in [1.807, 2.05) is 0 Å². The molecule has 2 radical (unpaired) electrons. The largest absolute Gasteiger partial charge is 4.00 e. The van der Waals surface area contributed by atoms with E-state index in [1.54, 1.807) is 0 Å². The quantitative estimate of drug-likeness (QED) is 0.303. The first-order valence-corrected chi connectivity index (χ1v) is 2.00. The molecule has 0 aliphatic rings. The first kappa shape index (κ1) is 15.8. The smallest absolute Gasteiger partial charge is 0.759 e. The van der Waals surface area contributed by atoms with E-state index in [2.05, 4.69) is 0 Å². The molecule has 0 atom stereocenters. The molecule has 0 rings (SSSR count). The molecular formula is MoO4SSb+5. The molecule has 0 saturated heterocycles. The van der Waals surface area contributed by atoms with Gasteiger partial charge in [-0.1, -0.05) is 0 Å². The molecule has 4 nitrogen and oxygen atoms in total. The normalized spacial score (nSPS) is 8.29. The minimum atomic E-state index is -5.17. The van der Waals surface area contributed by atoms with Gasteiger partial charge in [0.1, 0.15) is 0 Å². The molecule has 0 fully saturated rings. The first-order valence-electron chi connectivity index (χ1n) is 0.667. The van der Waals surface area contributed by atoms with E-state index in [1.165, 1.54) is 0 Å². The second kappa shape index (κ2) is 5.51.